The van der Waals surface area contributed by atoms with Gasteiger partial charge in [0.15, 0.2) is 5.13 Å². The number of nitrogens with zero attached hydrogens (tertiary/aromatic N) is 1. The van der Waals surface area contributed by atoms with Crippen LogP contribution in [0.15, 0.2) is 23.6 Å². The average Bonchev–Trinajstić information content (AvgIpc) is 2.95. The second-order valence-corrected chi connectivity index (χ2v) is 5.53. The number of nitrogens with one attached hydrogen (secondary N) is 1. The number of hydrogen-bond acceptors (Lipinski definition) is 5. The summed E-state index contributed by atoms with van der Waals surface area (Å²) in [7, 11) is 0. The molecule has 0 aliphatic carbocycles. The second kappa shape index (κ2) is 6.69. The SMILES string of the molecule is CCc1cccc(CC)c1Nc1nc(C(N)C(=O)O)cs1. The second-order valence-electron chi connectivity index (χ2n) is 4.68. The first-order valence-electron chi connectivity index (χ1n) is 6.88. The minimum absolute atomic E-state index is 0.377. The predicted molar refractivity (Wildman–Crippen MR) is 85.2 cm³/mol. The number of benzene rings is 1. The summed E-state index contributed by atoms with van der Waals surface area (Å²) in [5.41, 5.74) is 9.45. The lowest BCUT2D eigenvalue weighted by molar-refractivity contribution is -0.138. The molecular formula is C15H19N3O2S. The zero-order valence-electron chi connectivity index (χ0n) is 12.1. The Bertz CT molecular complexity index is 617. The minimum Gasteiger partial charge on any atom is -0.480 e. The maximum Gasteiger partial charge on any atom is 0.326 e. The number of thiazole rings is 1. The number of hydrogen-bond donors (Lipinski definition) is 3. The van der Waals surface area contributed by atoms with Gasteiger partial charge in [0.05, 0.1) is 5.69 Å². The fourth-order valence-electron chi connectivity index (χ4n) is 2.12. The van der Waals surface area contributed by atoms with E-state index >= 15 is 0 Å². The molecule has 0 saturated carbocycles. The number of carbonyl (C=O) groups is 1. The first kappa shape index (κ1) is 15.5. The highest BCUT2D eigenvalue weighted by Gasteiger charge is 2.18. The van der Waals surface area contributed by atoms with Crippen LogP contribution in [-0.2, 0) is 17.6 Å². The third kappa shape index (κ3) is 3.40. The summed E-state index contributed by atoms with van der Waals surface area (Å²) in [4.78, 5) is 15.2. The molecule has 1 heterocycles. The molecule has 0 fully saturated rings. The summed E-state index contributed by atoms with van der Waals surface area (Å²) in [5, 5.41) is 14.6. The van der Waals surface area contributed by atoms with Crippen molar-refractivity contribution in [1.82, 2.24) is 4.98 Å². The van der Waals surface area contributed by atoms with Gasteiger partial charge in [0.1, 0.15) is 6.04 Å². The molecule has 2 rings (SSSR count). The van der Waals surface area contributed by atoms with Crippen molar-refractivity contribution in [3.05, 3.63) is 40.4 Å². The van der Waals surface area contributed by atoms with Crippen LogP contribution in [0.3, 0.4) is 0 Å². The third-order valence-electron chi connectivity index (χ3n) is 3.34. The molecule has 21 heavy (non-hydrogen) atoms. The van der Waals surface area contributed by atoms with Gasteiger partial charge in [-0.2, -0.15) is 0 Å². The number of carboxylic acids is 1. The van der Waals surface area contributed by atoms with Crippen LogP contribution >= 0.6 is 11.3 Å². The topological polar surface area (TPSA) is 88.2 Å². The Kier molecular flexibility index (Phi) is 4.93. The number of aliphatic carboxylic acids is 1. The Balaban J connectivity index is 2.28. The molecule has 1 atom stereocenters. The quantitative estimate of drug-likeness (QED) is 0.763. The molecule has 0 amide bonds. The van der Waals surface area contributed by atoms with Crippen molar-refractivity contribution in [3.8, 4) is 0 Å². The van der Waals surface area contributed by atoms with Crippen LogP contribution < -0.4 is 11.1 Å². The first-order chi connectivity index (χ1) is 10.1. The number of carboxylic acid groups (broad SMARTS) is 1. The zero-order valence-corrected chi connectivity index (χ0v) is 12.9. The molecule has 0 aliphatic rings. The molecule has 0 saturated heterocycles. The third-order valence-corrected chi connectivity index (χ3v) is 4.11. The van der Waals surface area contributed by atoms with E-state index in [1.165, 1.54) is 22.5 Å². The fourth-order valence-corrected chi connectivity index (χ4v) is 2.87. The van der Waals surface area contributed by atoms with E-state index < -0.39 is 12.0 Å². The fraction of sp³-hybridized carbons (Fsp3) is 0.333. The van der Waals surface area contributed by atoms with E-state index in [2.05, 4.69) is 42.3 Å². The van der Waals surface area contributed by atoms with Crippen LogP contribution in [0.25, 0.3) is 0 Å². The molecule has 0 aliphatic heterocycles. The molecule has 1 aromatic heterocycles. The normalized spacial score (nSPS) is 12.1. The number of nitrogens with two attached hydrogens (primary N) is 1. The van der Waals surface area contributed by atoms with Gasteiger partial charge in [0, 0.05) is 11.1 Å². The summed E-state index contributed by atoms with van der Waals surface area (Å²) in [6.45, 7) is 4.21. The largest absolute Gasteiger partial charge is 0.480 e. The molecule has 2 aromatic rings. The van der Waals surface area contributed by atoms with Crippen LogP contribution in [0.5, 0.6) is 0 Å². The van der Waals surface area contributed by atoms with E-state index in [9.17, 15) is 4.79 Å². The maximum absolute atomic E-state index is 10.9. The van der Waals surface area contributed by atoms with E-state index in [0.717, 1.165) is 18.5 Å². The highest BCUT2D eigenvalue weighted by Crippen LogP contribution is 2.29. The number of anilines is 2. The summed E-state index contributed by atoms with van der Waals surface area (Å²) < 4.78 is 0. The van der Waals surface area contributed by atoms with Crippen LogP contribution in [0, 0.1) is 0 Å². The van der Waals surface area contributed by atoms with Gasteiger partial charge in [-0.3, -0.25) is 4.79 Å². The molecule has 5 nitrogen and oxygen atoms in total. The summed E-state index contributed by atoms with van der Waals surface area (Å²) in [5.74, 6) is -1.07. The summed E-state index contributed by atoms with van der Waals surface area (Å²) >= 11 is 1.36. The monoisotopic (exact) mass is 305 g/mol. The van der Waals surface area contributed by atoms with E-state index in [1.807, 2.05) is 0 Å². The Morgan fingerprint density at radius 2 is 2.00 bits per heavy atom. The van der Waals surface area contributed by atoms with Gasteiger partial charge in [-0.05, 0) is 24.0 Å². The van der Waals surface area contributed by atoms with Gasteiger partial charge in [0.25, 0.3) is 0 Å². The number of aromatic nitrogens is 1. The van der Waals surface area contributed by atoms with E-state index in [4.69, 9.17) is 10.8 Å². The smallest absolute Gasteiger partial charge is 0.326 e. The summed E-state index contributed by atoms with van der Waals surface area (Å²) in [6, 6.07) is 5.14. The van der Waals surface area contributed by atoms with Gasteiger partial charge < -0.3 is 16.2 Å². The van der Waals surface area contributed by atoms with E-state index in [-0.39, 0.29) is 0 Å². The molecule has 4 N–H and O–H groups in total. The molecule has 0 bridgehead atoms. The van der Waals surface area contributed by atoms with Gasteiger partial charge in [-0.15, -0.1) is 11.3 Å². The lowest BCUT2D eigenvalue weighted by atomic mass is 10.0. The van der Waals surface area contributed by atoms with Gasteiger partial charge in [-0.1, -0.05) is 32.0 Å². The molecule has 0 spiro atoms. The van der Waals surface area contributed by atoms with Crippen molar-refractivity contribution in [1.29, 1.82) is 0 Å². The van der Waals surface area contributed by atoms with Crippen molar-refractivity contribution in [2.75, 3.05) is 5.32 Å². The Morgan fingerprint density at radius 1 is 1.38 bits per heavy atom. The molecule has 0 radical (unpaired) electrons. The number of aryl methyl sites for hydroxylation is 2. The highest BCUT2D eigenvalue weighted by molar-refractivity contribution is 7.13. The molecule has 1 unspecified atom stereocenters. The van der Waals surface area contributed by atoms with Crippen LogP contribution in [0.1, 0.15) is 36.7 Å². The Hall–Kier alpha value is -1.92. The van der Waals surface area contributed by atoms with Gasteiger partial charge in [0.2, 0.25) is 0 Å². The van der Waals surface area contributed by atoms with Crippen LogP contribution in [-0.4, -0.2) is 16.1 Å². The lowest BCUT2D eigenvalue weighted by Crippen LogP contribution is -2.20. The van der Waals surface area contributed by atoms with E-state index in [0.29, 0.717) is 10.8 Å². The number of para-hydroxylation sites is 1. The minimum atomic E-state index is -1.08. The maximum atomic E-state index is 10.9. The molecule has 112 valence electrons. The predicted octanol–water partition coefficient (Wildman–Crippen LogP) is 3.10. The number of rotatable bonds is 6. The highest BCUT2D eigenvalue weighted by atomic mass is 32.1. The molecular weight excluding hydrogens is 286 g/mol. The zero-order chi connectivity index (χ0) is 15.4. The lowest BCUT2D eigenvalue weighted by Gasteiger charge is -2.13. The van der Waals surface area contributed by atoms with Gasteiger partial charge in [-0.25, -0.2) is 4.98 Å². The molecule has 1 aromatic carbocycles. The van der Waals surface area contributed by atoms with Crippen LogP contribution in [0.2, 0.25) is 0 Å². The van der Waals surface area contributed by atoms with Crippen molar-refractivity contribution in [2.45, 2.75) is 32.7 Å². The molecule has 6 heteroatoms. The Labute approximate surface area is 127 Å². The van der Waals surface area contributed by atoms with Crippen molar-refractivity contribution >= 4 is 28.1 Å². The Morgan fingerprint density at radius 3 is 2.52 bits per heavy atom. The standard InChI is InChI=1S/C15H19N3O2S/c1-3-9-6-5-7-10(4-2)13(9)18-15-17-11(8-21-15)12(16)14(19)20/h5-8,12H,3-4,16H2,1-2H3,(H,17,18)(H,19,20). The van der Waals surface area contributed by atoms with Gasteiger partial charge >= 0.3 is 5.97 Å². The van der Waals surface area contributed by atoms with Crippen molar-refractivity contribution in [3.63, 3.8) is 0 Å². The van der Waals surface area contributed by atoms with E-state index in [1.54, 1.807) is 5.38 Å². The first-order valence-corrected chi connectivity index (χ1v) is 7.76. The summed E-state index contributed by atoms with van der Waals surface area (Å²) in [6.07, 6.45) is 1.84. The van der Waals surface area contributed by atoms with Crippen molar-refractivity contribution < 1.29 is 9.90 Å². The van der Waals surface area contributed by atoms with Crippen LogP contribution in [0.4, 0.5) is 10.8 Å². The van der Waals surface area contributed by atoms with Crippen molar-refractivity contribution in [2.24, 2.45) is 5.73 Å². The average molecular weight is 305 g/mol.